The largest absolute Gasteiger partial charge is 0.475 e. The molecule has 1 aromatic rings. The molecule has 0 bridgehead atoms. The van der Waals surface area contributed by atoms with Crippen LogP contribution in [0.2, 0.25) is 0 Å². The molecular formula is C6H5N3O5. The zero-order valence-electron chi connectivity index (χ0n) is 6.97. The number of rotatable bonds is 3. The highest BCUT2D eigenvalue weighted by Gasteiger charge is 2.23. The molecule has 0 spiro atoms. The lowest BCUT2D eigenvalue weighted by Crippen LogP contribution is -2.29. The van der Waals surface area contributed by atoms with Crippen LogP contribution in [0.3, 0.4) is 0 Å². The fraction of sp³-hybridized carbons (Fsp3) is 0.167. The van der Waals surface area contributed by atoms with Crippen molar-refractivity contribution in [3.05, 3.63) is 5.82 Å². The highest BCUT2D eigenvalue weighted by Crippen LogP contribution is 2.01. The van der Waals surface area contributed by atoms with Crippen LogP contribution >= 0.6 is 0 Å². The summed E-state index contributed by atoms with van der Waals surface area (Å²) in [5, 5.41) is 13.3. The van der Waals surface area contributed by atoms with Crippen LogP contribution in [0.15, 0.2) is 4.52 Å². The molecule has 0 aliphatic carbocycles. The third-order valence-corrected chi connectivity index (χ3v) is 1.15. The zero-order valence-corrected chi connectivity index (χ0v) is 6.97. The first-order valence-corrected chi connectivity index (χ1v) is 3.39. The summed E-state index contributed by atoms with van der Waals surface area (Å²) in [5.74, 6) is -4.52. The first-order valence-electron chi connectivity index (χ1n) is 3.39. The van der Waals surface area contributed by atoms with Crippen molar-refractivity contribution in [1.82, 2.24) is 10.1 Å². The molecule has 1 heterocycles. The van der Waals surface area contributed by atoms with Crippen molar-refractivity contribution < 1.29 is 24.0 Å². The van der Waals surface area contributed by atoms with Crippen molar-refractivity contribution in [2.24, 2.45) is 0 Å². The minimum atomic E-state index is -1.85. The molecule has 0 aliphatic rings. The summed E-state index contributed by atoms with van der Waals surface area (Å²) in [6.45, 7) is 1.50. The Balaban J connectivity index is 2.66. The molecule has 1 aromatic heterocycles. The molecule has 8 nitrogen and oxygen atoms in total. The van der Waals surface area contributed by atoms with Gasteiger partial charge in [0.25, 0.3) is 0 Å². The molecule has 0 saturated heterocycles. The Labute approximate surface area is 76.9 Å². The number of carboxylic acids is 1. The van der Waals surface area contributed by atoms with E-state index in [9.17, 15) is 14.4 Å². The highest BCUT2D eigenvalue weighted by molar-refractivity contribution is 6.63. The third-order valence-electron chi connectivity index (χ3n) is 1.15. The van der Waals surface area contributed by atoms with Gasteiger partial charge in [0, 0.05) is 0 Å². The van der Waals surface area contributed by atoms with Gasteiger partial charge in [-0.05, 0) is 6.92 Å². The molecule has 0 atom stereocenters. The number of anilines is 1. The second-order valence-corrected chi connectivity index (χ2v) is 2.24. The summed E-state index contributed by atoms with van der Waals surface area (Å²) in [4.78, 5) is 34.9. The van der Waals surface area contributed by atoms with Gasteiger partial charge in [0.05, 0.1) is 0 Å². The molecule has 0 aliphatic heterocycles. The van der Waals surface area contributed by atoms with Crippen LogP contribution in [0.4, 0.5) is 6.01 Å². The van der Waals surface area contributed by atoms with Crippen molar-refractivity contribution in [2.45, 2.75) is 6.92 Å². The number of carbonyl (C=O) groups is 3. The summed E-state index contributed by atoms with van der Waals surface area (Å²) in [5.41, 5.74) is 0. The van der Waals surface area contributed by atoms with Crippen LogP contribution in [0, 0.1) is 6.92 Å². The lowest BCUT2D eigenvalue weighted by molar-refractivity contribution is -0.152. The second kappa shape index (κ2) is 3.64. The molecule has 74 valence electrons. The maximum Gasteiger partial charge on any atom is 0.382 e. The number of nitrogens with zero attached hydrogens (tertiary/aromatic N) is 2. The first-order chi connectivity index (χ1) is 6.50. The van der Waals surface area contributed by atoms with E-state index < -0.39 is 17.7 Å². The Bertz CT molecular complexity index is 396. The number of aryl methyl sites for hydroxylation is 1. The Kier molecular flexibility index (Phi) is 2.56. The summed E-state index contributed by atoms with van der Waals surface area (Å²) in [7, 11) is 0. The molecule has 2 N–H and O–H groups in total. The van der Waals surface area contributed by atoms with Gasteiger partial charge in [0.15, 0.2) is 5.82 Å². The number of aliphatic carboxylic acids is 1. The lowest BCUT2D eigenvalue weighted by atomic mass is 10.4. The number of nitrogens with one attached hydrogen (secondary N) is 1. The molecule has 0 aromatic carbocycles. The van der Waals surface area contributed by atoms with E-state index in [1.54, 1.807) is 0 Å². The summed E-state index contributed by atoms with van der Waals surface area (Å²) >= 11 is 0. The second-order valence-electron chi connectivity index (χ2n) is 2.24. The van der Waals surface area contributed by atoms with E-state index in [1.165, 1.54) is 6.92 Å². The molecule has 1 amide bonds. The van der Waals surface area contributed by atoms with Crippen molar-refractivity contribution >= 4 is 23.7 Å². The van der Waals surface area contributed by atoms with E-state index in [-0.39, 0.29) is 11.8 Å². The molecule has 1 rings (SSSR count). The normalized spacial score (nSPS) is 9.50. The summed E-state index contributed by atoms with van der Waals surface area (Å²) in [6, 6.07) is -0.317. The van der Waals surface area contributed by atoms with Crippen LogP contribution in [-0.4, -0.2) is 32.9 Å². The van der Waals surface area contributed by atoms with Crippen LogP contribution < -0.4 is 5.32 Å². The van der Waals surface area contributed by atoms with Gasteiger partial charge in [-0.25, -0.2) is 4.79 Å². The molecule has 0 fully saturated rings. The smallest absolute Gasteiger partial charge is 0.382 e. The van der Waals surface area contributed by atoms with E-state index in [0.717, 1.165) is 0 Å². The zero-order chi connectivity index (χ0) is 10.7. The Hall–Kier alpha value is -2.25. The minimum Gasteiger partial charge on any atom is -0.475 e. The van der Waals surface area contributed by atoms with E-state index in [0.29, 0.717) is 0 Å². The fourth-order valence-electron chi connectivity index (χ4n) is 0.599. The SMILES string of the molecule is Cc1noc(NC(=O)C(=O)C(=O)O)n1. The monoisotopic (exact) mass is 199 g/mol. The predicted octanol–water partition coefficient (Wildman–Crippen LogP) is -1.03. The Morgan fingerprint density at radius 2 is 2.07 bits per heavy atom. The molecule has 14 heavy (non-hydrogen) atoms. The number of amides is 1. The minimum absolute atomic E-state index is 0.253. The molecule has 0 unspecified atom stereocenters. The molecular weight excluding hydrogens is 194 g/mol. The van der Waals surface area contributed by atoms with E-state index >= 15 is 0 Å². The van der Waals surface area contributed by atoms with E-state index in [1.807, 2.05) is 5.32 Å². The number of ketones is 1. The van der Waals surface area contributed by atoms with Crippen LogP contribution in [0.25, 0.3) is 0 Å². The van der Waals surface area contributed by atoms with Gasteiger partial charge < -0.3 is 9.63 Å². The Morgan fingerprint density at radius 3 is 2.50 bits per heavy atom. The van der Waals surface area contributed by atoms with Gasteiger partial charge in [-0.2, -0.15) is 4.98 Å². The van der Waals surface area contributed by atoms with Crippen molar-refractivity contribution in [2.75, 3.05) is 5.32 Å². The fourth-order valence-corrected chi connectivity index (χ4v) is 0.599. The topological polar surface area (TPSA) is 122 Å². The third kappa shape index (κ3) is 2.12. The average Bonchev–Trinajstić information content (AvgIpc) is 2.49. The van der Waals surface area contributed by atoms with E-state index in [2.05, 4.69) is 14.7 Å². The Morgan fingerprint density at radius 1 is 1.43 bits per heavy atom. The first kappa shape index (κ1) is 9.84. The summed E-state index contributed by atoms with van der Waals surface area (Å²) in [6.07, 6.45) is 0. The standard InChI is InChI=1S/C6H5N3O5/c1-2-7-6(14-9-2)8-4(11)3(10)5(12)13/h1H3,(H,12,13)(H,7,8,9,11). The number of hydrogen-bond acceptors (Lipinski definition) is 6. The quantitative estimate of drug-likeness (QED) is 0.471. The van der Waals surface area contributed by atoms with Gasteiger partial charge in [-0.1, -0.05) is 5.16 Å². The van der Waals surface area contributed by atoms with Crippen molar-refractivity contribution in [1.29, 1.82) is 0 Å². The number of Topliss-reactive ketones (excluding diaryl/α,β-unsaturated/α-hetero) is 1. The number of carbonyl (C=O) groups excluding carboxylic acids is 2. The average molecular weight is 199 g/mol. The maximum absolute atomic E-state index is 10.8. The van der Waals surface area contributed by atoms with Crippen LogP contribution in [0.1, 0.15) is 5.82 Å². The van der Waals surface area contributed by atoms with Crippen molar-refractivity contribution in [3.63, 3.8) is 0 Å². The maximum atomic E-state index is 10.8. The molecule has 0 saturated carbocycles. The number of carboxylic acid groups (broad SMARTS) is 1. The van der Waals surface area contributed by atoms with Gasteiger partial charge in [-0.15, -0.1) is 0 Å². The van der Waals surface area contributed by atoms with Crippen LogP contribution in [-0.2, 0) is 14.4 Å². The molecule has 0 radical (unpaired) electrons. The molecule has 8 heteroatoms. The van der Waals surface area contributed by atoms with Gasteiger partial charge in [-0.3, -0.25) is 14.9 Å². The van der Waals surface area contributed by atoms with E-state index in [4.69, 9.17) is 5.11 Å². The van der Waals surface area contributed by atoms with Gasteiger partial charge in [0.2, 0.25) is 0 Å². The van der Waals surface area contributed by atoms with Crippen LogP contribution in [0.5, 0.6) is 0 Å². The summed E-state index contributed by atoms with van der Waals surface area (Å²) < 4.78 is 4.43. The predicted molar refractivity (Wildman–Crippen MR) is 40.3 cm³/mol. The lowest BCUT2D eigenvalue weighted by Gasteiger charge is -1.93. The number of hydrogen-bond donors (Lipinski definition) is 2. The van der Waals surface area contributed by atoms with Crippen molar-refractivity contribution in [3.8, 4) is 0 Å². The van der Waals surface area contributed by atoms with Gasteiger partial charge in [0.1, 0.15) is 0 Å². The number of aromatic nitrogens is 2. The highest BCUT2D eigenvalue weighted by atomic mass is 16.5. The van der Waals surface area contributed by atoms with Gasteiger partial charge >= 0.3 is 23.7 Å².